The summed E-state index contributed by atoms with van der Waals surface area (Å²) in [6.45, 7) is 1.56. The number of ether oxygens (including phenoxy) is 3. The molecule has 0 aliphatic rings. The lowest BCUT2D eigenvalue weighted by atomic mass is 10.1. The quantitative estimate of drug-likeness (QED) is 0.454. The van der Waals surface area contributed by atoms with Crippen molar-refractivity contribution in [3.63, 3.8) is 0 Å². The van der Waals surface area contributed by atoms with Gasteiger partial charge in [0, 0.05) is 22.8 Å². The molecule has 0 fully saturated rings. The van der Waals surface area contributed by atoms with Crippen LogP contribution >= 0.6 is 0 Å². The molecule has 0 unspecified atom stereocenters. The molecule has 142 valence electrons. The lowest BCUT2D eigenvalue weighted by molar-refractivity contribution is -0.385. The van der Waals surface area contributed by atoms with E-state index in [0.29, 0.717) is 28.4 Å². The van der Waals surface area contributed by atoms with Crippen LogP contribution in [0.3, 0.4) is 0 Å². The smallest absolute Gasteiger partial charge is 0.272 e. The molecule has 1 N–H and O–H groups in total. The molecule has 0 aliphatic carbocycles. The lowest BCUT2D eigenvalue weighted by Gasteiger charge is -2.12. The van der Waals surface area contributed by atoms with Gasteiger partial charge in [-0.25, -0.2) is 5.43 Å². The second-order valence-corrected chi connectivity index (χ2v) is 5.42. The van der Waals surface area contributed by atoms with Crippen molar-refractivity contribution in [2.24, 2.45) is 5.10 Å². The van der Waals surface area contributed by atoms with Crippen molar-refractivity contribution >= 4 is 17.8 Å². The summed E-state index contributed by atoms with van der Waals surface area (Å²) in [4.78, 5) is 22.5. The number of aryl methyl sites for hydroxylation is 1. The van der Waals surface area contributed by atoms with Crippen molar-refractivity contribution in [1.82, 2.24) is 5.43 Å². The second kappa shape index (κ2) is 8.65. The van der Waals surface area contributed by atoms with E-state index >= 15 is 0 Å². The Kier molecular flexibility index (Phi) is 6.32. The molecule has 1 amide bonds. The van der Waals surface area contributed by atoms with E-state index in [0.717, 1.165) is 0 Å². The Balaban J connectivity index is 2.16. The van der Waals surface area contributed by atoms with Gasteiger partial charge in [-0.2, -0.15) is 5.10 Å². The standard InChI is InChI=1S/C18H19N3O6/c1-11-7-13(5-6-14(11)21(23)24)18(22)20-19-10-12-8-15(25-2)17(27-4)16(9-12)26-3/h5-10H,1-4H3,(H,20,22)/b19-10+. The number of nitrogens with one attached hydrogen (secondary N) is 1. The summed E-state index contributed by atoms with van der Waals surface area (Å²) >= 11 is 0. The third kappa shape index (κ3) is 4.51. The zero-order chi connectivity index (χ0) is 20.0. The number of carbonyl (C=O) groups is 1. The zero-order valence-corrected chi connectivity index (χ0v) is 15.3. The maximum Gasteiger partial charge on any atom is 0.272 e. The van der Waals surface area contributed by atoms with Gasteiger partial charge in [-0.05, 0) is 31.2 Å². The Labute approximate surface area is 155 Å². The Hall–Kier alpha value is -3.62. The molecule has 2 aromatic carbocycles. The molecule has 27 heavy (non-hydrogen) atoms. The Morgan fingerprint density at radius 3 is 2.22 bits per heavy atom. The normalized spacial score (nSPS) is 10.5. The van der Waals surface area contributed by atoms with Crippen LogP contribution in [0.4, 0.5) is 5.69 Å². The van der Waals surface area contributed by atoms with Crippen LogP contribution in [-0.2, 0) is 0 Å². The van der Waals surface area contributed by atoms with E-state index in [9.17, 15) is 14.9 Å². The minimum absolute atomic E-state index is 0.0486. The molecule has 9 nitrogen and oxygen atoms in total. The van der Waals surface area contributed by atoms with Crippen LogP contribution in [0.1, 0.15) is 21.5 Å². The third-order valence-corrected chi connectivity index (χ3v) is 3.72. The van der Waals surface area contributed by atoms with Crippen molar-refractivity contribution in [3.05, 3.63) is 57.1 Å². The van der Waals surface area contributed by atoms with Crippen LogP contribution in [0.2, 0.25) is 0 Å². The first-order chi connectivity index (χ1) is 12.9. The number of nitro groups is 1. The van der Waals surface area contributed by atoms with Gasteiger partial charge in [-0.1, -0.05) is 0 Å². The third-order valence-electron chi connectivity index (χ3n) is 3.72. The van der Waals surface area contributed by atoms with Crippen molar-refractivity contribution in [3.8, 4) is 17.2 Å². The van der Waals surface area contributed by atoms with Crippen LogP contribution in [0.15, 0.2) is 35.4 Å². The molecule has 0 spiro atoms. The Morgan fingerprint density at radius 2 is 1.74 bits per heavy atom. The zero-order valence-electron chi connectivity index (χ0n) is 15.3. The monoisotopic (exact) mass is 373 g/mol. The van der Waals surface area contributed by atoms with E-state index in [4.69, 9.17) is 14.2 Å². The van der Waals surface area contributed by atoms with Gasteiger partial charge < -0.3 is 14.2 Å². The van der Waals surface area contributed by atoms with Gasteiger partial charge in [0.05, 0.1) is 32.5 Å². The van der Waals surface area contributed by atoms with E-state index in [1.807, 2.05) is 0 Å². The number of nitro benzene ring substituents is 1. The molecule has 0 atom stereocenters. The first-order valence-corrected chi connectivity index (χ1v) is 7.79. The van der Waals surface area contributed by atoms with Crippen molar-refractivity contribution < 1.29 is 23.9 Å². The van der Waals surface area contributed by atoms with Crippen molar-refractivity contribution in [1.29, 1.82) is 0 Å². The van der Waals surface area contributed by atoms with Crippen LogP contribution in [0.5, 0.6) is 17.2 Å². The highest BCUT2D eigenvalue weighted by Gasteiger charge is 2.14. The molecule has 9 heteroatoms. The molecular formula is C18H19N3O6. The largest absolute Gasteiger partial charge is 0.493 e. The summed E-state index contributed by atoms with van der Waals surface area (Å²) in [5, 5.41) is 14.7. The average Bonchev–Trinajstić information content (AvgIpc) is 2.66. The molecule has 0 saturated carbocycles. The van der Waals surface area contributed by atoms with E-state index in [-0.39, 0.29) is 11.3 Å². The van der Waals surface area contributed by atoms with E-state index in [1.54, 1.807) is 19.1 Å². The number of benzene rings is 2. The topological polar surface area (TPSA) is 112 Å². The molecule has 2 aromatic rings. The Bertz CT molecular complexity index is 870. The first-order valence-electron chi connectivity index (χ1n) is 7.79. The van der Waals surface area contributed by atoms with E-state index < -0.39 is 10.8 Å². The summed E-state index contributed by atoms with van der Waals surface area (Å²) in [5.74, 6) is 0.866. The number of hydrogen-bond donors (Lipinski definition) is 1. The van der Waals surface area contributed by atoms with Crippen LogP contribution in [0, 0.1) is 17.0 Å². The lowest BCUT2D eigenvalue weighted by Crippen LogP contribution is -2.17. The molecule has 0 aromatic heterocycles. The minimum atomic E-state index is -0.500. The van der Waals surface area contributed by atoms with Crippen LogP contribution in [0.25, 0.3) is 0 Å². The fraction of sp³-hybridized carbons (Fsp3) is 0.222. The molecular weight excluding hydrogens is 354 g/mol. The molecule has 0 radical (unpaired) electrons. The fourth-order valence-corrected chi connectivity index (χ4v) is 2.41. The molecule has 2 rings (SSSR count). The van der Waals surface area contributed by atoms with Gasteiger partial charge >= 0.3 is 0 Å². The van der Waals surface area contributed by atoms with Crippen molar-refractivity contribution in [2.75, 3.05) is 21.3 Å². The SMILES string of the molecule is COc1cc(/C=N/NC(=O)c2ccc([N+](=O)[O-])c(C)c2)cc(OC)c1OC. The number of nitrogens with zero attached hydrogens (tertiary/aromatic N) is 2. The molecule has 0 heterocycles. The number of rotatable bonds is 7. The highest BCUT2D eigenvalue weighted by molar-refractivity contribution is 5.95. The van der Waals surface area contributed by atoms with Gasteiger partial charge in [0.1, 0.15) is 0 Å². The van der Waals surface area contributed by atoms with Gasteiger partial charge in [-0.3, -0.25) is 14.9 Å². The second-order valence-electron chi connectivity index (χ2n) is 5.42. The number of carbonyl (C=O) groups excluding carboxylic acids is 1. The number of methoxy groups -OCH3 is 3. The predicted octanol–water partition coefficient (Wildman–Crippen LogP) is 2.69. The van der Waals surface area contributed by atoms with Gasteiger partial charge in [0.2, 0.25) is 5.75 Å². The maximum atomic E-state index is 12.2. The van der Waals surface area contributed by atoms with Crippen molar-refractivity contribution in [2.45, 2.75) is 6.92 Å². The highest BCUT2D eigenvalue weighted by atomic mass is 16.6. The van der Waals surface area contributed by atoms with Gasteiger partial charge in [-0.15, -0.1) is 0 Å². The number of hydrogen-bond acceptors (Lipinski definition) is 7. The number of amides is 1. The van der Waals surface area contributed by atoms with Crippen LogP contribution in [-0.4, -0.2) is 38.4 Å². The van der Waals surface area contributed by atoms with E-state index in [2.05, 4.69) is 10.5 Å². The first kappa shape index (κ1) is 19.7. The summed E-state index contributed by atoms with van der Waals surface area (Å²) in [7, 11) is 4.49. The van der Waals surface area contributed by atoms with Gasteiger partial charge in [0.15, 0.2) is 11.5 Å². The number of hydrazone groups is 1. The van der Waals surface area contributed by atoms with Crippen LogP contribution < -0.4 is 19.6 Å². The molecule has 0 saturated heterocycles. The Morgan fingerprint density at radius 1 is 1.11 bits per heavy atom. The summed E-state index contributed by atoms with van der Waals surface area (Å²) in [6, 6.07) is 7.44. The summed E-state index contributed by atoms with van der Waals surface area (Å²) in [5.41, 5.74) is 3.60. The predicted molar refractivity (Wildman–Crippen MR) is 99.0 cm³/mol. The average molecular weight is 373 g/mol. The summed E-state index contributed by atoms with van der Waals surface area (Å²) < 4.78 is 15.7. The highest BCUT2D eigenvalue weighted by Crippen LogP contribution is 2.37. The molecule has 0 bridgehead atoms. The molecule has 0 aliphatic heterocycles. The van der Waals surface area contributed by atoms with E-state index in [1.165, 1.54) is 45.7 Å². The minimum Gasteiger partial charge on any atom is -0.493 e. The summed E-state index contributed by atoms with van der Waals surface area (Å²) in [6.07, 6.45) is 1.42. The maximum absolute atomic E-state index is 12.2. The fourth-order valence-electron chi connectivity index (χ4n) is 2.41. The van der Waals surface area contributed by atoms with Gasteiger partial charge in [0.25, 0.3) is 11.6 Å².